The number of nitrogens with one attached hydrogen (secondary N) is 2. The second kappa shape index (κ2) is 8.27. The van der Waals surface area contributed by atoms with E-state index < -0.39 is 30.4 Å². The van der Waals surface area contributed by atoms with Gasteiger partial charge >= 0.3 is 12.0 Å². The van der Waals surface area contributed by atoms with Gasteiger partial charge in [0, 0.05) is 25.0 Å². The van der Waals surface area contributed by atoms with Crippen LogP contribution in [0.2, 0.25) is 0 Å². The lowest BCUT2D eigenvalue weighted by atomic mass is 9.77. The first kappa shape index (κ1) is 19.6. The van der Waals surface area contributed by atoms with Crippen LogP contribution < -0.4 is 10.6 Å². The smallest absolute Gasteiger partial charge is 0.321 e. The van der Waals surface area contributed by atoms with E-state index in [1.54, 1.807) is 0 Å². The van der Waals surface area contributed by atoms with Gasteiger partial charge < -0.3 is 15.0 Å². The summed E-state index contributed by atoms with van der Waals surface area (Å²) in [6.07, 6.45) is 5.20. The maximum atomic E-state index is 12.4. The Kier molecular flexibility index (Phi) is 6.01. The molecule has 0 bridgehead atoms. The molecule has 0 aromatic heterocycles. The zero-order valence-electron chi connectivity index (χ0n) is 16.0. The minimum atomic E-state index is -0.669. The Morgan fingerprint density at radius 3 is 2.59 bits per heavy atom. The molecule has 3 rings (SSSR count). The first-order chi connectivity index (χ1) is 12.8. The highest BCUT2D eigenvalue weighted by molar-refractivity contribution is 5.96. The normalized spacial score (nSPS) is 30.7. The van der Waals surface area contributed by atoms with Gasteiger partial charge in [0.2, 0.25) is 5.91 Å². The van der Waals surface area contributed by atoms with Crippen LogP contribution in [0, 0.1) is 17.8 Å². The number of rotatable bonds is 5. The molecule has 2 aliphatic carbocycles. The van der Waals surface area contributed by atoms with Gasteiger partial charge in [-0.25, -0.2) is 4.79 Å². The molecule has 0 aromatic rings. The third-order valence-corrected chi connectivity index (χ3v) is 6.07. The molecule has 27 heavy (non-hydrogen) atoms. The molecule has 1 saturated heterocycles. The van der Waals surface area contributed by atoms with Crippen molar-refractivity contribution in [2.45, 2.75) is 64.5 Å². The van der Waals surface area contributed by atoms with Crippen molar-refractivity contribution in [1.82, 2.24) is 15.5 Å². The number of nitrogens with zero attached hydrogens (tertiary/aromatic N) is 1. The number of likely N-dealkylation sites (tertiary alicyclic amines) is 1. The second-order valence-corrected chi connectivity index (χ2v) is 8.19. The van der Waals surface area contributed by atoms with Gasteiger partial charge in [0.05, 0.1) is 5.92 Å². The average molecular weight is 379 g/mol. The van der Waals surface area contributed by atoms with Crippen LogP contribution in [0.5, 0.6) is 0 Å². The van der Waals surface area contributed by atoms with Crippen LogP contribution in [0.4, 0.5) is 4.79 Å². The Balaban J connectivity index is 1.44. The monoisotopic (exact) mass is 379 g/mol. The van der Waals surface area contributed by atoms with Crippen LogP contribution in [0.1, 0.15) is 52.4 Å². The van der Waals surface area contributed by atoms with E-state index in [1.165, 1.54) is 6.42 Å². The highest BCUT2D eigenvalue weighted by atomic mass is 16.5. The molecule has 2 N–H and O–H groups in total. The highest BCUT2D eigenvalue weighted by Gasteiger charge is 2.42. The molecule has 0 spiro atoms. The number of carbonyl (C=O) groups is 4. The minimum Gasteiger partial charge on any atom is -0.455 e. The number of esters is 1. The number of hydrogen-bond donors (Lipinski definition) is 2. The standard InChI is InChI=1S/C19H29N3O5/c1-11-4-3-5-15(12(11)2)22-9-13(8-17(22)24)18(25)27-10-16(23)21-19(26)20-14-6-7-14/h11-15H,3-10H2,1-2H3,(H2,20,21,23,26)/t11-,12+,13+,15-/m0/s1. The van der Waals surface area contributed by atoms with Gasteiger partial charge in [-0.2, -0.15) is 0 Å². The molecule has 0 radical (unpaired) electrons. The van der Waals surface area contributed by atoms with Crippen LogP contribution in [0.3, 0.4) is 0 Å². The summed E-state index contributed by atoms with van der Waals surface area (Å²) in [6.45, 7) is 4.22. The molecule has 1 aliphatic heterocycles. The van der Waals surface area contributed by atoms with Crippen LogP contribution in [-0.2, 0) is 19.1 Å². The van der Waals surface area contributed by atoms with Crippen molar-refractivity contribution in [3.8, 4) is 0 Å². The van der Waals surface area contributed by atoms with Gasteiger partial charge in [-0.15, -0.1) is 0 Å². The van der Waals surface area contributed by atoms with Crippen LogP contribution >= 0.6 is 0 Å². The molecular formula is C19H29N3O5. The van der Waals surface area contributed by atoms with E-state index in [4.69, 9.17) is 4.74 Å². The Labute approximate surface area is 159 Å². The van der Waals surface area contributed by atoms with Gasteiger partial charge in [-0.05, 0) is 31.1 Å². The summed E-state index contributed by atoms with van der Waals surface area (Å²) in [7, 11) is 0. The third kappa shape index (κ3) is 4.99. The molecule has 1 heterocycles. The number of amides is 4. The summed E-state index contributed by atoms with van der Waals surface area (Å²) in [6, 6.07) is -0.254. The largest absolute Gasteiger partial charge is 0.455 e. The molecular weight excluding hydrogens is 350 g/mol. The number of urea groups is 1. The Morgan fingerprint density at radius 2 is 1.89 bits per heavy atom. The molecule has 0 aromatic carbocycles. The van der Waals surface area contributed by atoms with E-state index in [0.29, 0.717) is 18.4 Å². The molecule has 0 unspecified atom stereocenters. The maximum Gasteiger partial charge on any atom is 0.321 e. The Hall–Kier alpha value is -2.12. The molecule has 8 nitrogen and oxygen atoms in total. The number of ether oxygens (including phenoxy) is 1. The molecule has 3 fully saturated rings. The van der Waals surface area contributed by atoms with E-state index in [0.717, 1.165) is 25.7 Å². The van der Waals surface area contributed by atoms with E-state index >= 15 is 0 Å². The molecule has 3 aliphatic rings. The van der Waals surface area contributed by atoms with Crippen molar-refractivity contribution in [2.75, 3.05) is 13.2 Å². The van der Waals surface area contributed by atoms with Gasteiger partial charge in [0.25, 0.3) is 5.91 Å². The average Bonchev–Trinajstić information content (AvgIpc) is 3.34. The van der Waals surface area contributed by atoms with Gasteiger partial charge in [0.1, 0.15) is 0 Å². The number of imide groups is 1. The summed E-state index contributed by atoms with van der Waals surface area (Å²) in [4.78, 5) is 49.7. The number of hydrogen-bond acceptors (Lipinski definition) is 5. The lowest BCUT2D eigenvalue weighted by Gasteiger charge is -2.39. The van der Waals surface area contributed by atoms with Gasteiger partial charge in [-0.1, -0.05) is 26.7 Å². The van der Waals surface area contributed by atoms with Gasteiger partial charge in [-0.3, -0.25) is 19.7 Å². The van der Waals surface area contributed by atoms with Crippen molar-refractivity contribution in [3.63, 3.8) is 0 Å². The van der Waals surface area contributed by atoms with Crippen LogP contribution in [0.15, 0.2) is 0 Å². The van der Waals surface area contributed by atoms with E-state index in [9.17, 15) is 19.2 Å². The van der Waals surface area contributed by atoms with Gasteiger partial charge in [0.15, 0.2) is 6.61 Å². The summed E-state index contributed by atoms with van der Waals surface area (Å²) >= 11 is 0. The predicted octanol–water partition coefficient (Wildman–Crippen LogP) is 1.19. The zero-order chi connectivity index (χ0) is 19.6. The maximum absolute atomic E-state index is 12.4. The molecule has 150 valence electrons. The Bertz CT molecular complexity index is 618. The lowest BCUT2D eigenvalue weighted by Crippen LogP contribution is -2.45. The summed E-state index contributed by atoms with van der Waals surface area (Å²) in [5.41, 5.74) is 0. The van der Waals surface area contributed by atoms with Crippen LogP contribution in [0.25, 0.3) is 0 Å². The fourth-order valence-corrected chi connectivity index (χ4v) is 4.07. The van der Waals surface area contributed by atoms with Crippen molar-refractivity contribution < 1.29 is 23.9 Å². The second-order valence-electron chi connectivity index (χ2n) is 8.19. The molecule has 4 atom stereocenters. The van der Waals surface area contributed by atoms with E-state index in [1.807, 2.05) is 4.90 Å². The van der Waals surface area contributed by atoms with Crippen molar-refractivity contribution in [2.24, 2.45) is 17.8 Å². The third-order valence-electron chi connectivity index (χ3n) is 6.07. The van der Waals surface area contributed by atoms with Crippen molar-refractivity contribution in [3.05, 3.63) is 0 Å². The zero-order valence-corrected chi connectivity index (χ0v) is 16.0. The fraction of sp³-hybridized carbons (Fsp3) is 0.789. The number of carbonyl (C=O) groups excluding carboxylic acids is 4. The highest BCUT2D eigenvalue weighted by Crippen LogP contribution is 2.35. The summed E-state index contributed by atoms with van der Waals surface area (Å²) in [5.74, 6) is -0.815. The molecule has 8 heteroatoms. The van der Waals surface area contributed by atoms with E-state index in [2.05, 4.69) is 24.5 Å². The Morgan fingerprint density at radius 1 is 1.15 bits per heavy atom. The molecule has 4 amide bonds. The van der Waals surface area contributed by atoms with Crippen molar-refractivity contribution in [1.29, 1.82) is 0 Å². The van der Waals surface area contributed by atoms with Crippen molar-refractivity contribution >= 4 is 23.8 Å². The molecule has 2 saturated carbocycles. The van der Waals surface area contributed by atoms with Crippen LogP contribution in [-0.4, -0.2) is 54.0 Å². The summed E-state index contributed by atoms with van der Waals surface area (Å²) in [5, 5.41) is 4.75. The first-order valence-electron chi connectivity index (χ1n) is 9.91. The fourth-order valence-electron chi connectivity index (χ4n) is 4.07. The topological polar surface area (TPSA) is 105 Å². The predicted molar refractivity (Wildman–Crippen MR) is 96.4 cm³/mol. The summed E-state index contributed by atoms with van der Waals surface area (Å²) < 4.78 is 5.03. The first-order valence-corrected chi connectivity index (χ1v) is 9.91. The van der Waals surface area contributed by atoms with E-state index in [-0.39, 0.29) is 24.4 Å². The quantitative estimate of drug-likeness (QED) is 0.698. The lowest BCUT2D eigenvalue weighted by molar-refractivity contribution is -0.152. The minimum absolute atomic E-state index is 0.0174. The SMILES string of the molecule is C[C@@H]1[C@@H](C)CCC[C@@H]1N1C[C@H](C(=O)OCC(=O)NC(=O)NC2CC2)CC1=O.